The van der Waals surface area contributed by atoms with Gasteiger partial charge in [0.15, 0.2) is 0 Å². The Morgan fingerprint density at radius 3 is 2.08 bits per heavy atom. The number of hydrogen-bond acceptors (Lipinski definition) is 5. The molecule has 0 N–H and O–H groups in total. The van der Waals surface area contributed by atoms with Gasteiger partial charge in [0.2, 0.25) is 9.74 Å². The minimum atomic E-state index is -4.16. The molecule has 0 radical (unpaired) electrons. The first-order valence-electron chi connectivity index (χ1n) is 2.85. The fourth-order valence-corrected chi connectivity index (χ4v) is 2.12. The molecule has 0 aromatic carbocycles. The van der Waals surface area contributed by atoms with Gasteiger partial charge in [-0.1, -0.05) is 0 Å². The first-order chi connectivity index (χ1) is 5.55. The third-order valence-corrected chi connectivity index (χ3v) is 4.21. The summed E-state index contributed by atoms with van der Waals surface area (Å²) in [5, 5.41) is 0. The van der Waals surface area contributed by atoms with Crippen molar-refractivity contribution in [1.29, 1.82) is 0 Å². The van der Waals surface area contributed by atoms with Crippen molar-refractivity contribution in [3.63, 3.8) is 0 Å². The monoisotopic (exact) mass is 207 g/mol. The third-order valence-electron chi connectivity index (χ3n) is 1.14. The summed E-state index contributed by atoms with van der Waals surface area (Å²) in [6.07, 6.45) is 2.43. The highest BCUT2D eigenvalue weighted by atomic mass is 33.1. The van der Waals surface area contributed by atoms with E-state index in [1.165, 1.54) is 12.4 Å². The van der Waals surface area contributed by atoms with Crippen LogP contribution in [-0.2, 0) is 18.6 Å². The average molecular weight is 207 g/mol. The number of nitrogens with zero attached hydrogens (tertiary/aromatic N) is 1. The first-order valence-corrected chi connectivity index (χ1v) is 6.11. The first kappa shape index (κ1) is 9.14. The Labute approximate surface area is 70.3 Å². The normalized spacial score (nSPS) is 11.8. The van der Waals surface area contributed by atoms with E-state index in [4.69, 9.17) is 0 Å². The molecule has 0 unspecified atom stereocenters. The number of pyridine rings is 1. The van der Waals surface area contributed by atoms with Gasteiger partial charge in [-0.3, -0.25) is 4.98 Å². The third kappa shape index (κ3) is 1.62. The lowest BCUT2D eigenvalue weighted by molar-refractivity contribution is 0.592. The van der Waals surface area contributed by atoms with Gasteiger partial charge in [-0.2, -0.15) is 0 Å². The van der Waals surface area contributed by atoms with Crippen molar-refractivity contribution in [2.24, 2.45) is 0 Å². The van der Waals surface area contributed by atoms with Gasteiger partial charge < -0.3 is 0 Å². The Morgan fingerprint density at radius 1 is 1.17 bits per heavy atom. The van der Waals surface area contributed by atoms with E-state index in [2.05, 4.69) is 4.98 Å². The molecular weight excluding hydrogens is 202 g/mol. The van der Waals surface area contributed by atoms with Crippen molar-refractivity contribution in [2.45, 2.75) is 4.90 Å². The van der Waals surface area contributed by atoms with Crippen LogP contribution in [0.15, 0.2) is 29.4 Å². The van der Waals surface area contributed by atoms with Crippen LogP contribution >= 0.6 is 0 Å². The van der Waals surface area contributed by atoms with E-state index in [0.29, 0.717) is 0 Å². The standard InChI is InChI=1S/C5H5NO4S2/c7-11(8)12(9,10)5-1-3-6-4-2-5/h1-4,11H. The van der Waals surface area contributed by atoms with Gasteiger partial charge in [0.05, 0.1) is 4.90 Å². The van der Waals surface area contributed by atoms with Crippen molar-refractivity contribution in [1.82, 2.24) is 4.98 Å². The minimum absolute atomic E-state index is 0.256. The maximum atomic E-state index is 10.9. The van der Waals surface area contributed by atoms with Gasteiger partial charge in [-0.25, -0.2) is 16.8 Å². The summed E-state index contributed by atoms with van der Waals surface area (Å²) in [6.45, 7) is 0. The second-order valence-electron chi connectivity index (χ2n) is 1.88. The molecule has 1 rings (SSSR count). The van der Waals surface area contributed by atoms with E-state index in [9.17, 15) is 16.8 Å². The second kappa shape index (κ2) is 3.20. The molecule has 7 heteroatoms. The van der Waals surface area contributed by atoms with Crippen LogP contribution in [0.5, 0.6) is 0 Å². The van der Waals surface area contributed by atoms with Crippen LogP contribution in [0.1, 0.15) is 0 Å². The fraction of sp³-hybridized carbons (Fsp3) is 0. The maximum Gasteiger partial charge on any atom is 0.279 e. The van der Waals surface area contributed by atoms with Crippen LogP contribution in [0.2, 0.25) is 0 Å². The maximum absolute atomic E-state index is 10.9. The van der Waals surface area contributed by atoms with Gasteiger partial charge >= 0.3 is 0 Å². The summed E-state index contributed by atoms with van der Waals surface area (Å²) < 4.78 is 42.3. The van der Waals surface area contributed by atoms with Gasteiger partial charge in [-0.15, -0.1) is 0 Å². The zero-order chi connectivity index (χ0) is 9.19. The number of thiol groups is 1. The van der Waals surface area contributed by atoms with E-state index >= 15 is 0 Å². The molecule has 1 aromatic heterocycles. The lowest BCUT2D eigenvalue weighted by Gasteiger charge is -1.93. The molecular formula is C5H5NO4S2. The van der Waals surface area contributed by atoms with Crippen LogP contribution in [0.25, 0.3) is 0 Å². The molecule has 0 bridgehead atoms. The van der Waals surface area contributed by atoms with Crippen molar-refractivity contribution < 1.29 is 16.8 Å². The zero-order valence-electron chi connectivity index (χ0n) is 5.75. The molecule has 0 aliphatic rings. The molecule has 0 saturated carbocycles. The zero-order valence-corrected chi connectivity index (χ0v) is 7.46. The summed E-state index contributed by atoms with van der Waals surface area (Å²) in [5.41, 5.74) is 0. The summed E-state index contributed by atoms with van der Waals surface area (Å²) >= 11 is 0. The summed E-state index contributed by atoms with van der Waals surface area (Å²) in [6, 6.07) is 2.25. The quantitative estimate of drug-likeness (QED) is 0.516. The van der Waals surface area contributed by atoms with Gasteiger partial charge in [-0.05, 0) is 12.1 Å². The number of hydrogen-bond donors (Lipinski definition) is 1. The average Bonchev–Trinajstić information content (AvgIpc) is 2.06. The number of aromatic nitrogens is 1. The molecule has 1 aromatic rings. The van der Waals surface area contributed by atoms with E-state index in [0.717, 1.165) is 12.1 Å². The highest BCUT2D eigenvalue weighted by Crippen LogP contribution is 2.08. The lowest BCUT2D eigenvalue weighted by Crippen LogP contribution is -2.01. The van der Waals surface area contributed by atoms with Gasteiger partial charge in [0.25, 0.3) is 8.87 Å². The van der Waals surface area contributed by atoms with Gasteiger partial charge in [0.1, 0.15) is 0 Å². The summed E-state index contributed by atoms with van der Waals surface area (Å²) in [4.78, 5) is 3.30. The largest absolute Gasteiger partial charge is 0.279 e. The molecule has 1 heterocycles. The van der Waals surface area contributed by atoms with E-state index in [1.54, 1.807) is 0 Å². The van der Waals surface area contributed by atoms with Crippen LogP contribution in [0.3, 0.4) is 0 Å². The van der Waals surface area contributed by atoms with E-state index in [-0.39, 0.29) is 4.90 Å². The Morgan fingerprint density at radius 2 is 1.67 bits per heavy atom. The predicted molar refractivity (Wildman–Crippen MR) is 41.7 cm³/mol. The lowest BCUT2D eigenvalue weighted by atomic mass is 10.5. The van der Waals surface area contributed by atoms with E-state index < -0.39 is 18.6 Å². The van der Waals surface area contributed by atoms with Crippen molar-refractivity contribution in [2.75, 3.05) is 0 Å². The highest BCUT2D eigenvalue weighted by molar-refractivity contribution is 8.59. The molecule has 0 aliphatic heterocycles. The minimum Gasteiger partial charge on any atom is -0.265 e. The highest BCUT2D eigenvalue weighted by Gasteiger charge is 2.15. The smallest absolute Gasteiger partial charge is 0.265 e. The Hall–Kier alpha value is -0.950. The SMILES string of the molecule is O=[SH](=O)S(=O)(=O)c1ccncc1. The molecule has 0 atom stereocenters. The molecule has 0 aliphatic carbocycles. The van der Waals surface area contributed by atoms with Gasteiger partial charge in [0, 0.05) is 12.4 Å². The second-order valence-corrected chi connectivity index (χ2v) is 6.09. The molecule has 0 amide bonds. The van der Waals surface area contributed by atoms with Crippen LogP contribution in [0.4, 0.5) is 0 Å². The van der Waals surface area contributed by atoms with Crippen molar-refractivity contribution >= 4 is 18.6 Å². The Kier molecular flexibility index (Phi) is 2.43. The molecule has 0 fully saturated rings. The molecule has 66 valence electrons. The Bertz CT molecular complexity index is 426. The molecule has 5 nitrogen and oxygen atoms in total. The van der Waals surface area contributed by atoms with Crippen LogP contribution in [-0.4, -0.2) is 21.8 Å². The predicted octanol–water partition coefficient (Wildman–Crippen LogP) is -0.618. The van der Waals surface area contributed by atoms with Crippen molar-refractivity contribution in [3.05, 3.63) is 24.5 Å². The van der Waals surface area contributed by atoms with E-state index in [1.807, 2.05) is 0 Å². The summed E-state index contributed by atoms with van der Waals surface area (Å²) in [7, 11) is -7.64. The molecule has 0 saturated heterocycles. The summed E-state index contributed by atoms with van der Waals surface area (Å²) in [5.74, 6) is 0. The van der Waals surface area contributed by atoms with Crippen LogP contribution in [0, 0.1) is 0 Å². The Balaban J connectivity index is 3.35. The fourth-order valence-electron chi connectivity index (χ4n) is 0.596. The molecule has 0 spiro atoms. The topological polar surface area (TPSA) is 81.2 Å². The molecule has 12 heavy (non-hydrogen) atoms. The van der Waals surface area contributed by atoms with Crippen molar-refractivity contribution in [3.8, 4) is 0 Å². The van der Waals surface area contributed by atoms with Crippen LogP contribution < -0.4 is 0 Å². The number of rotatable bonds is 2.